The Hall–Kier alpha value is -1.75. The number of carboxylic acid groups (broad SMARTS) is 1. The molecule has 5 nitrogen and oxygen atoms in total. The lowest BCUT2D eigenvalue weighted by molar-refractivity contribution is 0.0698. The van der Waals surface area contributed by atoms with Crippen molar-refractivity contribution in [2.24, 2.45) is 0 Å². The van der Waals surface area contributed by atoms with Gasteiger partial charge in [-0.2, -0.15) is 0 Å². The van der Waals surface area contributed by atoms with Crippen molar-refractivity contribution in [3.63, 3.8) is 0 Å². The van der Waals surface area contributed by atoms with Crippen LogP contribution in [0.1, 0.15) is 37.0 Å². The number of carboxylic acids is 1. The van der Waals surface area contributed by atoms with Gasteiger partial charge in [0.05, 0.1) is 11.3 Å². The maximum absolute atomic E-state index is 12.1. The number of hydrogen-bond donors (Lipinski definition) is 2. The third kappa shape index (κ3) is 4.42. The molecular weight excluding hydrogens is 280 g/mol. The highest BCUT2D eigenvalue weighted by Crippen LogP contribution is 2.21. The van der Waals surface area contributed by atoms with Crippen LogP contribution in [0, 0.1) is 0 Å². The lowest BCUT2D eigenvalue weighted by atomic mass is 10.2. The van der Waals surface area contributed by atoms with Crippen molar-refractivity contribution in [1.29, 1.82) is 0 Å². The van der Waals surface area contributed by atoms with Crippen LogP contribution < -0.4 is 5.32 Å². The predicted molar refractivity (Wildman–Crippen MR) is 79.6 cm³/mol. The first-order valence-electron chi connectivity index (χ1n) is 6.58. The monoisotopic (exact) mass is 298 g/mol. The summed E-state index contributed by atoms with van der Waals surface area (Å²) >= 11 is 5.84. The van der Waals surface area contributed by atoms with Crippen LogP contribution in [0.3, 0.4) is 0 Å². The van der Waals surface area contributed by atoms with Gasteiger partial charge in [-0.15, -0.1) is 0 Å². The van der Waals surface area contributed by atoms with E-state index < -0.39 is 5.97 Å². The largest absolute Gasteiger partial charge is 0.478 e. The molecule has 20 heavy (non-hydrogen) atoms. The Morgan fingerprint density at radius 2 is 2.05 bits per heavy atom. The van der Waals surface area contributed by atoms with Gasteiger partial charge in [-0.25, -0.2) is 9.59 Å². The van der Waals surface area contributed by atoms with E-state index in [0.29, 0.717) is 18.1 Å². The maximum Gasteiger partial charge on any atom is 0.337 e. The standard InChI is InChI=1S/C14H19ClN2O3/c1-3-5-8-17(4-2)14(20)16-12-9-10(15)6-7-11(12)13(18)19/h6-7,9H,3-5,8H2,1-2H3,(H,16,20)(H,18,19). The van der Waals surface area contributed by atoms with Gasteiger partial charge in [0.25, 0.3) is 0 Å². The molecule has 2 amide bonds. The molecule has 0 radical (unpaired) electrons. The Morgan fingerprint density at radius 3 is 2.60 bits per heavy atom. The van der Waals surface area contributed by atoms with Gasteiger partial charge in [-0.3, -0.25) is 0 Å². The average molecular weight is 299 g/mol. The van der Waals surface area contributed by atoms with Gasteiger partial charge in [0.2, 0.25) is 0 Å². The van der Waals surface area contributed by atoms with E-state index in [9.17, 15) is 9.59 Å². The highest BCUT2D eigenvalue weighted by molar-refractivity contribution is 6.31. The van der Waals surface area contributed by atoms with Crippen molar-refractivity contribution in [2.75, 3.05) is 18.4 Å². The van der Waals surface area contributed by atoms with Crippen molar-refractivity contribution < 1.29 is 14.7 Å². The zero-order valence-electron chi connectivity index (χ0n) is 11.6. The zero-order valence-corrected chi connectivity index (χ0v) is 12.4. The van der Waals surface area contributed by atoms with Crippen molar-refractivity contribution in [3.05, 3.63) is 28.8 Å². The summed E-state index contributed by atoms with van der Waals surface area (Å²) in [6.45, 7) is 5.13. The fourth-order valence-electron chi connectivity index (χ4n) is 1.75. The molecule has 0 saturated carbocycles. The number of urea groups is 1. The normalized spacial score (nSPS) is 10.2. The number of amides is 2. The van der Waals surface area contributed by atoms with Crippen molar-refractivity contribution in [3.8, 4) is 0 Å². The van der Waals surface area contributed by atoms with Gasteiger partial charge >= 0.3 is 12.0 Å². The van der Waals surface area contributed by atoms with E-state index in [4.69, 9.17) is 16.7 Å². The van der Waals surface area contributed by atoms with Crippen LogP contribution in [-0.2, 0) is 0 Å². The minimum Gasteiger partial charge on any atom is -0.478 e. The first kappa shape index (κ1) is 16.3. The summed E-state index contributed by atoms with van der Waals surface area (Å²) in [5, 5.41) is 12.1. The zero-order chi connectivity index (χ0) is 15.1. The smallest absolute Gasteiger partial charge is 0.337 e. The number of aromatic carboxylic acids is 1. The van der Waals surface area contributed by atoms with Gasteiger partial charge in [-0.05, 0) is 31.5 Å². The van der Waals surface area contributed by atoms with Crippen LogP contribution in [-0.4, -0.2) is 35.1 Å². The second-order valence-electron chi connectivity index (χ2n) is 4.36. The Balaban J connectivity index is 2.88. The fraction of sp³-hybridized carbons (Fsp3) is 0.429. The first-order valence-corrected chi connectivity index (χ1v) is 6.96. The Labute approximate surface area is 123 Å². The number of carbonyl (C=O) groups excluding carboxylic acids is 1. The fourth-order valence-corrected chi connectivity index (χ4v) is 1.92. The molecule has 0 fully saturated rings. The highest BCUT2D eigenvalue weighted by atomic mass is 35.5. The van der Waals surface area contributed by atoms with E-state index in [1.165, 1.54) is 18.2 Å². The number of anilines is 1. The number of rotatable bonds is 6. The molecule has 1 rings (SSSR count). The molecule has 0 heterocycles. The van der Waals surface area contributed by atoms with Gasteiger partial charge in [-0.1, -0.05) is 24.9 Å². The molecule has 0 unspecified atom stereocenters. The number of nitrogens with zero attached hydrogens (tertiary/aromatic N) is 1. The Bertz CT molecular complexity index is 491. The van der Waals surface area contributed by atoms with E-state index in [2.05, 4.69) is 5.32 Å². The molecule has 0 bridgehead atoms. The maximum atomic E-state index is 12.1. The third-order valence-corrected chi connectivity index (χ3v) is 3.14. The molecular formula is C14H19ClN2O3. The predicted octanol–water partition coefficient (Wildman–Crippen LogP) is 3.69. The number of nitrogens with one attached hydrogen (secondary N) is 1. The lowest BCUT2D eigenvalue weighted by Gasteiger charge is -2.21. The number of benzene rings is 1. The average Bonchev–Trinajstić information content (AvgIpc) is 2.39. The van der Waals surface area contributed by atoms with Crippen molar-refractivity contribution in [1.82, 2.24) is 4.90 Å². The van der Waals surface area contributed by atoms with Gasteiger partial charge in [0, 0.05) is 18.1 Å². The topological polar surface area (TPSA) is 69.6 Å². The summed E-state index contributed by atoms with van der Waals surface area (Å²) in [4.78, 5) is 24.9. The van der Waals surface area contributed by atoms with Crippen LogP contribution in [0.5, 0.6) is 0 Å². The minimum atomic E-state index is -1.10. The summed E-state index contributed by atoms with van der Waals surface area (Å²) in [5.41, 5.74) is 0.235. The van der Waals surface area contributed by atoms with Crippen molar-refractivity contribution >= 4 is 29.3 Å². The second-order valence-corrected chi connectivity index (χ2v) is 4.79. The summed E-state index contributed by atoms with van der Waals surface area (Å²) in [7, 11) is 0. The number of carbonyl (C=O) groups is 2. The van der Waals surface area contributed by atoms with Gasteiger partial charge in [0.1, 0.15) is 0 Å². The molecule has 0 aromatic heterocycles. The summed E-state index contributed by atoms with van der Waals surface area (Å²) in [6, 6.07) is 3.99. The molecule has 0 aliphatic heterocycles. The number of unbranched alkanes of at least 4 members (excludes halogenated alkanes) is 1. The van der Waals surface area contributed by atoms with Crippen molar-refractivity contribution in [2.45, 2.75) is 26.7 Å². The quantitative estimate of drug-likeness (QED) is 0.841. The van der Waals surface area contributed by atoms with E-state index >= 15 is 0 Å². The summed E-state index contributed by atoms with van der Waals surface area (Å²) < 4.78 is 0. The molecule has 6 heteroatoms. The number of hydrogen-bond acceptors (Lipinski definition) is 2. The molecule has 1 aromatic carbocycles. The molecule has 0 aliphatic rings. The Morgan fingerprint density at radius 1 is 1.35 bits per heavy atom. The third-order valence-electron chi connectivity index (χ3n) is 2.90. The van der Waals surface area contributed by atoms with Gasteiger partial charge < -0.3 is 15.3 Å². The minimum absolute atomic E-state index is 0.0225. The number of halogens is 1. The molecule has 0 atom stereocenters. The van der Waals surface area contributed by atoms with E-state index in [0.717, 1.165) is 12.8 Å². The second kappa shape index (κ2) is 7.75. The summed E-state index contributed by atoms with van der Waals surface area (Å²) in [5.74, 6) is -1.10. The lowest BCUT2D eigenvalue weighted by Crippen LogP contribution is -2.35. The summed E-state index contributed by atoms with van der Waals surface area (Å²) in [6.07, 6.45) is 1.89. The molecule has 1 aromatic rings. The van der Waals surface area contributed by atoms with Crippen LogP contribution in [0.4, 0.5) is 10.5 Å². The van der Waals surface area contributed by atoms with Crippen LogP contribution in [0.15, 0.2) is 18.2 Å². The van der Waals surface area contributed by atoms with E-state index in [1.807, 2.05) is 13.8 Å². The molecule has 0 spiro atoms. The molecule has 0 aliphatic carbocycles. The first-order chi connectivity index (χ1) is 9.49. The highest BCUT2D eigenvalue weighted by Gasteiger charge is 2.16. The van der Waals surface area contributed by atoms with Crippen LogP contribution in [0.2, 0.25) is 5.02 Å². The van der Waals surface area contributed by atoms with Crippen LogP contribution in [0.25, 0.3) is 0 Å². The SMILES string of the molecule is CCCCN(CC)C(=O)Nc1cc(Cl)ccc1C(=O)O. The Kier molecular flexibility index (Phi) is 6.31. The molecule has 110 valence electrons. The van der Waals surface area contributed by atoms with Gasteiger partial charge in [0.15, 0.2) is 0 Å². The van der Waals surface area contributed by atoms with E-state index in [-0.39, 0.29) is 17.3 Å². The van der Waals surface area contributed by atoms with E-state index in [1.54, 1.807) is 4.90 Å². The molecule has 0 saturated heterocycles. The van der Waals surface area contributed by atoms with Crippen LogP contribution >= 0.6 is 11.6 Å². The molecule has 2 N–H and O–H groups in total.